The molecule has 0 bridgehead atoms. The van der Waals surface area contributed by atoms with Crippen molar-refractivity contribution in [2.24, 2.45) is 11.8 Å². The first-order valence-electron chi connectivity index (χ1n) is 16.1. The first kappa shape index (κ1) is 46.1. The van der Waals surface area contributed by atoms with E-state index < -0.39 is 43.8 Å². The van der Waals surface area contributed by atoms with Gasteiger partial charge in [0, 0.05) is 18.8 Å². The fraction of sp³-hybridized carbons (Fsp3) is 0.742. The molecule has 2 fully saturated rings. The van der Waals surface area contributed by atoms with E-state index in [2.05, 4.69) is 52.9 Å². The second-order valence-electron chi connectivity index (χ2n) is 11.8. The molecule has 2 aliphatic heterocycles. The van der Waals surface area contributed by atoms with Crippen LogP contribution < -0.4 is 16.8 Å². The number of aliphatic hydroxyl groups excluding tert-OH is 3. The van der Waals surface area contributed by atoms with Crippen LogP contribution in [0, 0.1) is 11.8 Å². The lowest BCUT2D eigenvalue weighted by molar-refractivity contribution is -0.285. The van der Waals surface area contributed by atoms with Crippen molar-refractivity contribution in [1.29, 1.82) is 0 Å². The van der Waals surface area contributed by atoms with E-state index in [1.165, 1.54) is 12.3 Å². The lowest BCUT2D eigenvalue weighted by atomic mass is 9.90. The molecule has 2 aromatic rings. The molecule has 2 aliphatic rings. The summed E-state index contributed by atoms with van der Waals surface area (Å²) in [5.41, 5.74) is 9.38. The highest BCUT2D eigenvalue weighted by atomic mass is 19.4. The maximum absolute atomic E-state index is 11.8. The van der Waals surface area contributed by atoms with Gasteiger partial charge in [-0.1, -0.05) is 41.5 Å². The van der Waals surface area contributed by atoms with Gasteiger partial charge in [-0.15, -0.1) is 0 Å². The Morgan fingerprint density at radius 3 is 2.04 bits per heavy atom. The Balaban J connectivity index is 0.000000758. The molecule has 4 rings (SSSR count). The molecule has 0 amide bonds. The molecular formula is C31H54F6N8O4. The molecule has 49 heavy (non-hydrogen) atoms. The van der Waals surface area contributed by atoms with Crippen molar-refractivity contribution in [2.45, 2.75) is 117 Å². The van der Waals surface area contributed by atoms with E-state index in [1.54, 1.807) is 0 Å². The predicted octanol–water partition coefficient (Wildman–Crippen LogP) is 4.41. The van der Waals surface area contributed by atoms with Crippen LogP contribution >= 0.6 is 0 Å². The van der Waals surface area contributed by atoms with Crippen LogP contribution in [0.3, 0.4) is 0 Å². The molecule has 6 unspecified atom stereocenters. The average Bonchev–Trinajstić information content (AvgIpc) is 3.04. The van der Waals surface area contributed by atoms with E-state index in [1.807, 2.05) is 18.9 Å². The van der Waals surface area contributed by atoms with Crippen LogP contribution in [-0.2, 0) is 17.7 Å². The molecule has 12 nitrogen and oxygen atoms in total. The molecule has 18 heteroatoms. The topological polar surface area (TPSA) is 189 Å². The van der Waals surface area contributed by atoms with Gasteiger partial charge < -0.3 is 32.1 Å². The summed E-state index contributed by atoms with van der Waals surface area (Å²) in [6, 6.07) is 1.31. The number of nitrogen functional groups attached to an aromatic ring is 2. The lowest BCUT2D eigenvalue weighted by Crippen LogP contribution is -2.60. The number of hydrogen-bond acceptors (Lipinski definition) is 12. The number of halogens is 6. The Morgan fingerprint density at radius 2 is 1.57 bits per heavy atom. The van der Waals surface area contributed by atoms with Crippen molar-refractivity contribution in [2.75, 3.05) is 31.5 Å². The number of rotatable bonds is 7. The highest BCUT2D eigenvalue weighted by Crippen LogP contribution is 2.28. The SMILES string of the molecule is CC.CC(C)CC1NCCC(ON2CCC(O)C(O)C2CC(C)C)C1O.FCF.Nc1cncc(C(F)(F)F)n1.Nc1nccc(CF)n1. The molecular weight excluding hydrogens is 662 g/mol. The van der Waals surface area contributed by atoms with Crippen LogP contribution in [0.15, 0.2) is 24.7 Å². The minimum absolute atomic E-state index is 0.0487. The lowest BCUT2D eigenvalue weighted by Gasteiger charge is -2.45. The second-order valence-corrected chi connectivity index (χ2v) is 11.8. The molecule has 4 heterocycles. The zero-order valence-electron chi connectivity index (χ0n) is 29.0. The summed E-state index contributed by atoms with van der Waals surface area (Å²) >= 11 is 0. The fourth-order valence-electron chi connectivity index (χ4n) is 4.88. The van der Waals surface area contributed by atoms with Gasteiger partial charge in [-0.25, -0.2) is 28.1 Å². The van der Waals surface area contributed by atoms with Crippen molar-refractivity contribution in [1.82, 2.24) is 30.3 Å². The molecule has 2 saturated heterocycles. The van der Waals surface area contributed by atoms with E-state index in [0.29, 0.717) is 36.7 Å². The molecule has 8 N–H and O–H groups in total. The molecule has 0 radical (unpaired) electrons. The normalized spacial score (nSPS) is 23.9. The number of nitrogens with zero attached hydrogens (tertiary/aromatic N) is 5. The minimum atomic E-state index is -4.47. The Labute approximate surface area is 284 Å². The first-order chi connectivity index (χ1) is 23.0. The number of nitrogens with one attached hydrogen (secondary N) is 1. The molecule has 0 aliphatic carbocycles. The van der Waals surface area contributed by atoms with Crippen LogP contribution in [0.1, 0.15) is 78.6 Å². The second kappa shape index (κ2) is 24.3. The predicted molar refractivity (Wildman–Crippen MR) is 174 cm³/mol. The number of piperidine rings is 2. The molecule has 0 saturated carbocycles. The molecule has 284 valence electrons. The number of hydrogen-bond donors (Lipinski definition) is 6. The fourth-order valence-corrected chi connectivity index (χ4v) is 4.88. The number of hydroxylamine groups is 2. The first-order valence-corrected chi connectivity index (χ1v) is 16.1. The van der Waals surface area contributed by atoms with Crippen molar-refractivity contribution in [3.05, 3.63) is 36.0 Å². The van der Waals surface area contributed by atoms with Gasteiger partial charge >= 0.3 is 6.18 Å². The minimum Gasteiger partial charge on any atom is -0.390 e. The van der Waals surface area contributed by atoms with E-state index in [4.69, 9.17) is 16.3 Å². The van der Waals surface area contributed by atoms with E-state index in [0.717, 1.165) is 32.0 Å². The Morgan fingerprint density at radius 1 is 0.959 bits per heavy atom. The van der Waals surface area contributed by atoms with Crippen LogP contribution in [0.5, 0.6) is 0 Å². The summed E-state index contributed by atoms with van der Waals surface area (Å²) in [5, 5.41) is 36.2. The number of alkyl halides is 6. The summed E-state index contributed by atoms with van der Waals surface area (Å²) in [6.07, 6.45) is -0.757. The summed E-state index contributed by atoms with van der Waals surface area (Å²) in [7, 11) is 0. The smallest absolute Gasteiger partial charge is 0.390 e. The third-order valence-electron chi connectivity index (χ3n) is 6.95. The number of anilines is 2. The van der Waals surface area contributed by atoms with Crippen LogP contribution in [0.4, 0.5) is 38.1 Å². The zero-order valence-corrected chi connectivity index (χ0v) is 29.0. The maximum atomic E-state index is 11.8. The van der Waals surface area contributed by atoms with Gasteiger partial charge in [0.2, 0.25) is 12.9 Å². The standard InChI is InChI=1S/C18H36N2O4.C5H4F3N3.C5H6FN3.C2H6.CH2F2/c1-11(2)9-13-17(22)16(5-7-19-13)24-20-8-6-15(21)18(23)14(20)10-12(3)4;6-5(7,8)3-1-10-2-4(9)11-3;6-3-4-1-2-8-5(7)9-4;1-2;2-1-3/h11-19,21-23H,5-10H2,1-4H3;1-2H,(H2,9,11);1-2H,3H2,(H2,7,8,9);1-2H3;1H2. The van der Waals surface area contributed by atoms with Crippen molar-refractivity contribution in [3.63, 3.8) is 0 Å². The van der Waals surface area contributed by atoms with Gasteiger partial charge in [0.05, 0.1) is 42.4 Å². The van der Waals surface area contributed by atoms with Gasteiger partial charge in [0.25, 0.3) is 0 Å². The summed E-state index contributed by atoms with van der Waals surface area (Å²) in [5.74, 6) is 0.786. The number of aromatic nitrogens is 4. The van der Waals surface area contributed by atoms with Gasteiger partial charge in [0.1, 0.15) is 18.6 Å². The maximum Gasteiger partial charge on any atom is 0.434 e. The van der Waals surface area contributed by atoms with Crippen LogP contribution in [0.2, 0.25) is 0 Å². The molecule has 0 spiro atoms. The Kier molecular flexibility index (Phi) is 22.8. The van der Waals surface area contributed by atoms with Crippen molar-refractivity contribution >= 4 is 11.8 Å². The number of aliphatic hydroxyl groups is 3. The summed E-state index contributed by atoms with van der Waals surface area (Å²) in [4.78, 5) is 19.6. The van der Waals surface area contributed by atoms with Crippen LogP contribution in [-0.4, -0.2) is 96.8 Å². The number of nitrogens with two attached hydrogens (primary N) is 2. The zero-order chi connectivity index (χ0) is 37.7. The molecule has 0 aromatic carbocycles. The van der Waals surface area contributed by atoms with Crippen molar-refractivity contribution in [3.8, 4) is 0 Å². The highest BCUT2D eigenvalue weighted by Gasteiger charge is 2.41. The highest BCUT2D eigenvalue weighted by molar-refractivity contribution is 5.24. The van der Waals surface area contributed by atoms with Gasteiger partial charge in [-0.2, -0.15) is 18.2 Å². The van der Waals surface area contributed by atoms with Gasteiger partial charge in [-0.3, -0.25) is 9.82 Å². The largest absolute Gasteiger partial charge is 0.434 e. The Hall–Kier alpha value is -2.90. The van der Waals surface area contributed by atoms with E-state index in [-0.39, 0.29) is 30.0 Å². The molecule has 2 aromatic heterocycles. The Bertz CT molecular complexity index is 1140. The summed E-state index contributed by atoms with van der Waals surface area (Å²) < 4.78 is 66.4. The van der Waals surface area contributed by atoms with E-state index >= 15 is 0 Å². The molecule has 6 atom stereocenters. The van der Waals surface area contributed by atoms with Gasteiger partial charge in [-0.05, 0) is 50.1 Å². The monoisotopic (exact) mass is 716 g/mol. The van der Waals surface area contributed by atoms with Gasteiger partial charge in [0.15, 0.2) is 5.69 Å². The average molecular weight is 717 g/mol. The third kappa shape index (κ3) is 18.1. The summed E-state index contributed by atoms with van der Waals surface area (Å²) in [6.45, 7) is 11.6. The third-order valence-corrected chi connectivity index (χ3v) is 6.95. The van der Waals surface area contributed by atoms with Crippen LogP contribution in [0.25, 0.3) is 0 Å². The quantitative estimate of drug-likeness (QED) is 0.222. The van der Waals surface area contributed by atoms with E-state index in [9.17, 15) is 41.7 Å². The van der Waals surface area contributed by atoms with Crippen molar-refractivity contribution < 1.29 is 46.5 Å².